The SMILES string of the molecule is CN(CCC1CC1)OC(=O)OCc1c(-c2ccc(O[C@H]3CCC[C@H](C(=O)O)C3)cc2)nnn1C. The summed E-state index contributed by atoms with van der Waals surface area (Å²) in [5.74, 6) is 0.338. The molecule has 0 unspecified atom stereocenters. The van der Waals surface area contributed by atoms with Gasteiger partial charge in [0, 0.05) is 26.2 Å². The number of hydrogen-bond donors (Lipinski definition) is 1. The molecule has 0 spiro atoms. The molecule has 1 heterocycles. The normalized spacial score (nSPS) is 20.2. The maximum absolute atomic E-state index is 12.1. The molecule has 0 saturated heterocycles. The van der Waals surface area contributed by atoms with Crippen LogP contribution in [0.2, 0.25) is 0 Å². The van der Waals surface area contributed by atoms with E-state index in [4.69, 9.17) is 14.3 Å². The molecule has 184 valence electrons. The highest BCUT2D eigenvalue weighted by Crippen LogP contribution is 2.32. The zero-order valence-corrected chi connectivity index (χ0v) is 19.7. The summed E-state index contributed by atoms with van der Waals surface area (Å²) < 4.78 is 12.9. The smallest absolute Gasteiger partial charge is 0.490 e. The number of aryl methyl sites for hydroxylation is 1. The van der Waals surface area contributed by atoms with Gasteiger partial charge in [-0.05, 0) is 62.3 Å². The van der Waals surface area contributed by atoms with Crippen molar-refractivity contribution in [3.05, 3.63) is 30.0 Å². The second-order valence-corrected chi connectivity index (χ2v) is 9.19. The van der Waals surface area contributed by atoms with Crippen molar-refractivity contribution in [3.8, 4) is 17.0 Å². The first-order chi connectivity index (χ1) is 16.4. The third-order valence-corrected chi connectivity index (χ3v) is 6.45. The van der Waals surface area contributed by atoms with E-state index in [-0.39, 0.29) is 18.6 Å². The van der Waals surface area contributed by atoms with Crippen LogP contribution < -0.4 is 4.74 Å². The maximum atomic E-state index is 12.1. The Kier molecular flexibility index (Phi) is 7.66. The second-order valence-electron chi connectivity index (χ2n) is 9.19. The Labute approximate surface area is 198 Å². The maximum Gasteiger partial charge on any atom is 0.528 e. The summed E-state index contributed by atoms with van der Waals surface area (Å²) in [5.41, 5.74) is 2.05. The molecule has 34 heavy (non-hydrogen) atoms. The summed E-state index contributed by atoms with van der Waals surface area (Å²) in [6, 6.07) is 7.40. The minimum absolute atomic E-state index is 0.0228. The van der Waals surface area contributed by atoms with E-state index in [2.05, 4.69) is 10.3 Å². The molecule has 0 aliphatic heterocycles. The van der Waals surface area contributed by atoms with E-state index in [1.54, 1.807) is 18.8 Å². The lowest BCUT2D eigenvalue weighted by Gasteiger charge is -2.27. The van der Waals surface area contributed by atoms with E-state index >= 15 is 0 Å². The van der Waals surface area contributed by atoms with Crippen LogP contribution in [0.5, 0.6) is 5.75 Å². The molecule has 1 aromatic carbocycles. The Balaban J connectivity index is 1.32. The van der Waals surface area contributed by atoms with E-state index in [1.807, 2.05) is 24.3 Å². The Morgan fingerprint density at radius 2 is 1.94 bits per heavy atom. The third-order valence-electron chi connectivity index (χ3n) is 6.45. The number of benzene rings is 1. The van der Waals surface area contributed by atoms with Crippen molar-refractivity contribution >= 4 is 12.1 Å². The van der Waals surface area contributed by atoms with Gasteiger partial charge in [-0.3, -0.25) is 4.79 Å². The molecule has 1 aromatic heterocycles. The summed E-state index contributed by atoms with van der Waals surface area (Å²) in [5, 5.41) is 19.1. The first-order valence-electron chi connectivity index (χ1n) is 11.8. The van der Waals surface area contributed by atoms with Crippen molar-refractivity contribution in [1.82, 2.24) is 20.1 Å². The van der Waals surface area contributed by atoms with Crippen molar-refractivity contribution in [2.75, 3.05) is 13.6 Å². The van der Waals surface area contributed by atoms with Crippen LogP contribution in [0.25, 0.3) is 11.3 Å². The molecule has 2 saturated carbocycles. The molecule has 4 rings (SSSR count). The fourth-order valence-electron chi connectivity index (χ4n) is 4.22. The van der Waals surface area contributed by atoms with Gasteiger partial charge in [0.25, 0.3) is 0 Å². The number of carboxylic acids is 1. The van der Waals surface area contributed by atoms with Gasteiger partial charge < -0.3 is 19.4 Å². The fourth-order valence-corrected chi connectivity index (χ4v) is 4.22. The standard InChI is InChI=1S/C24H32N4O6/c1-27(13-12-16-6-7-16)34-24(31)32-15-21-22(25-26-28(21)2)17-8-10-19(11-9-17)33-20-5-3-4-18(14-20)23(29)30/h8-11,16,18,20H,3-7,12-15H2,1-2H3,(H,29,30)/t18-,20-/m0/s1. The van der Waals surface area contributed by atoms with Gasteiger partial charge in [-0.15, -0.1) is 10.2 Å². The van der Waals surface area contributed by atoms with Gasteiger partial charge in [-0.1, -0.05) is 18.1 Å². The fraction of sp³-hybridized carbons (Fsp3) is 0.583. The molecule has 2 aromatic rings. The molecule has 10 nitrogen and oxygen atoms in total. The zero-order chi connectivity index (χ0) is 24.1. The number of carboxylic acid groups (broad SMARTS) is 1. The number of ether oxygens (including phenoxy) is 2. The van der Waals surface area contributed by atoms with E-state index in [9.17, 15) is 14.7 Å². The van der Waals surface area contributed by atoms with E-state index in [1.165, 1.54) is 17.9 Å². The molecule has 2 atom stereocenters. The number of nitrogens with zero attached hydrogens (tertiary/aromatic N) is 4. The van der Waals surface area contributed by atoms with Gasteiger partial charge in [-0.2, -0.15) is 0 Å². The lowest BCUT2D eigenvalue weighted by atomic mass is 9.87. The molecule has 10 heteroatoms. The van der Waals surface area contributed by atoms with Crippen LogP contribution in [-0.2, 0) is 28.0 Å². The Bertz CT molecular complexity index is 988. The Morgan fingerprint density at radius 3 is 2.65 bits per heavy atom. The van der Waals surface area contributed by atoms with Crippen molar-refractivity contribution in [2.24, 2.45) is 18.9 Å². The summed E-state index contributed by atoms with van der Waals surface area (Å²) in [4.78, 5) is 28.5. The van der Waals surface area contributed by atoms with E-state index in [0.29, 0.717) is 36.5 Å². The molecule has 0 radical (unpaired) electrons. The van der Waals surface area contributed by atoms with Crippen molar-refractivity contribution in [3.63, 3.8) is 0 Å². The minimum atomic E-state index is -0.763. The zero-order valence-electron chi connectivity index (χ0n) is 19.7. The topological polar surface area (TPSA) is 116 Å². The van der Waals surface area contributed by atoms with Crippen molar-refractivity contribution in [1.29, 1.82) is 0 Å². The number of aliphatic carboxylic acids is 1. The predicted octanol–water partition coefficient (Wildman–Crippen LogP) is 3.80. The van der Waals surface area contributed by atoms with Crippen LogP contribution in [0.3, 0.4) is 0 Å². The number of rotatable bonds is 10. The lowest BCUT2D eigenvalue weighted by molar-refractivity contribution is -0.143. The lowest BCUT2D eigenvalue weighted by Crippen LogP contribution is -2.29. The van der Waals surface area contributed by atoms with Gasteiger partial charge in [0.2, 0.25) is 0 Å². The molecule has 1 N–H and O–H groups in total. The molecular formula is C24H32N4O6. The molecule has 2 aliphatic carbocycles. The number of hydroxylamine groups is 2. The van der Waals surface area contributed by atoms with Crippen LogP contribution in [0.1, 0.15) is 50.6 Å². The van der Waals surface area contributed by atoms with Gasteiger partial charge in [0.1, 0.15) is 23.7 Å². The molecule has 2 aliphatic rings. The molecule has 0 amide bonds. The molecular weight excluding hydrogens is 440 g/mol. The van der Waals surface area contributed by atoms with Crippen LogP contribution in [0.4, 0.5) is 4.79 Å². The highest BCUT2D eigenvalue weighted by molar-refractivity contribution is 5.70. The highest BCUT2D eigenvalue weighted by atomic mass is 16.8. The summed E-state index contributed by atoms with van der Waals surface area (Å²) in [7, 11) is 3.46. The Morgan fingerprint density at radius 1 is 1.18 bits per heavy atom. The van der Waals surface area contributed by atoms with Crippen LogP contribution in [0.15, 0.2) is 24.3 Å². The van der Waals surface area contributed by atoms with Gasteiger partial charge in [0.15, 0.2) is 0 Å². The first kappa shape index (κ1) is 24.0. The highest BCUT2D eigenvalue weighted by Gasteiger charge is 2.28. The monoisotopic (exact) mass is 472 g/mol. The van der Waals surface area contributed by atoms with Gasteiger partial charge in [0.05, 0.1) is 12.0 Å². The molecule has 0 bridgehead atoms. The minimum Gasteiger partial charge on any atom is -0.490 e. The van der Waals surface area contributed by atoms with Gasteiger partial charge in [-0.25, -0.2) is 9.48 Å². The van der Waals surface area contributed by atoms with Crippen LogP contribution in [0, 0.1) is 11.8 Å². The van der Waals surface area contributed by atoms with Crippen LogP contribution in [-0.4, -0.2) is 57.0 Å². The average Bonchev–Trinajstić information content (AvgIpc) is 3.58. The summed E-state index contributed by atoms with van der Waals surface area (Å²) in [6.45, 7) is 0.662. The van der Waals surface area contributed by atoms with Crippen LogP contribution >= 0.6 is 0 Å². The summed E-state index contributed by atoms with van der Waals surface area (Å²) >= 11 is 0. The number of hydrogen-bond acceptors (Lipinski definition) is 8. The van der Waals surface area contributed by atoms with E-state index in [0.717, 1.165) is 30.7 Å². The number of carbonyl (C=O) groups is 2. The Hall–Kier alpha value is -3.14. The molecule has 2 fully saturated rings. The summed E-state index contributed by atoms with van der Waals surface area (Å²) in [6.07, 6.45) is 5.59. The van der Waals surface area contributed by atoms with Crippen molar-refractivity contribution < 1.29 is 29.0 Å². The average molecular weight is 473 g/mol. The van der Waals surface area contributed by atoms with Gasteiger partial charge >= 0.3 is 12.1 Å². The quantitative estimate of drug-likeness (QED) is 0.407. The predicted molar refractivity (Wildman–Crippen MR) is 122 cm³/mol. The third kappa shape index (κ3) is 6.47. The number of carbonyl (C=O) groups excluding carboxylic acids is 1. The number of aromatic nitrogens is 3. The van der Waals surface area contributed by atoms with E-state index < -0.39 is 12.1 Å². The largest absolute Gasteiger partial charge is 0.528 e. The second kappa shape index (κ2) is 10.9. The van der Waals surface area contributed by atoms with Crippen molar-refractivity contribution in [2.45, 2.75) is 57.7 Å². The first-order valence-corrected chi connectivity index (χ1v) is 11.8.